The van der Waals surface area contributed by atoms with Crippen molar-refractivity contribution in [3.63, 3.8) is 0 Å². The summed E-state index contributed by atoms with van der Waals surface area (Å²) in [6.07, 6.45) is 0.758. The molecule has 0 amide bonds. The Balaban J connectivity index is 2.17. The Kier molecular flexibility index (Phi) is 3.36. The number of fused-ring (bicyclic) bond motifs is 1. The van der Waals surface area contributed by atoms with Crippen LogP contribution in [0, 0.1) is 12.7 Å². The van der Waals surface area contributed by atoms with Gasteiger partial charge in [-0.15, -0.1) is 0 Å². The van der Waals surface area contributed by atoms with Gasteiger partial charge in [0.1, 0.15) is 11.6 Å². The molecule has 1 aromatic carbocycles. The highest BCUT2D eigenvalue weighted by Gasteiger charge is 2.19. The highest BCUT2D eigenvalue weighted by atomic mass is 19.1. The first-order valence-corrected chi connectivity index (χ1v) is 6.61. The maximum Gasteiger partial charge on any atom is 0.162 e. The van der Waals surface area contributed by atoms with Crippen LogP contribution in [0.5, 0.6) is 0 Å². The number of aromatic nitrogens is 2. The van der Waals surface area contributed by atoms with E-state index in [9.17, 15) is 4.39 Å². The fourth-order valence-corrected chi connectivity index (χ4v) is 2.39. The summed E-state index contributed by atoms with van der Waals surface area (Å²) < 4.78 is 18.9. The fraction of sp³-hybridized carbons (Fsp3) is 0.333. The standard InChI is InChI=1S/C15H16FN3O/c1-9-3-4-10(16)7-11(9)15-18-13-5-6-20-8-12(13)14(17-2)19-15/h3-4,7H,5-6,8H2,1-2H3,(H,17,18,19). The van der Waals surface area contributed by atoms with Crippen LogP contribution in [0.25, 0.3) is 11.4 Å². The van der Waals surface area contributed by atoms with Gasteiger partial charge in [-0.2, -0.15) is 0 Å². The van der Waals surface area contributed by atoms with Gasteiger partial charge in [-0.3, -0.25) is 0 Å². The Hall–Kier alpha value is -2.01. The number of nitrogens with one attached hydrogen (secondary N) is 1. The van der Waals surface area contributed by atoms with Crippen LogP contribution in [-0.2, 0) is 17.8 Å². The minimum absolute atomic E-state index is 0.277. The van der Waals surface area contributed by atoms with Gasteiger partial charge in [0.2, 0.25) is 0 Å². The van der Waals surface area contributed by atoms with E-state index >= 15 is 0 Å². The third-order valence-corrected chi connectivity index (χ3v) is 3.50. The molecule has 1 aliphatic rings. The highest BCUT2D eigenvalue weighted by molar-refractivity contribution is 5.63. The van der Waals surface area contributed by atoms with E-state index in [1.807, 2.05) is 14.0 Å². The Morgan fingerprint density at radius 3 is 2.95 bits per heavy atom. The zero-order valence-electron chi connectivity index (χ0n) is 11.5. The zero-order valence-corrected chi connectivity index (χ0v) is 11.5. The van der Waals surface area contributed by atoms with Crippen molar-refractivity contribution in [3.05, 3.63) is 40.8 Å². The molecule has 5 heteroatoms. The molecular formula is C15H16FN3O. The summed E-state index contributed by atoms with van der Waals surface area (Å²) in [5.74, 6) is 1.04. The van der Waals surface area contributed by atoms with E-state index in [2.05, 4.69) is 15.3 Å². The number of ether oxygens (including phenoxy) is 1. The molecule has 3 rings (SSSR count). The molecule has 0 atom stereocenters. The summed E-state index contributed by atoms with van der Waals surface area (Å²) in [5, 5.41) is 3.07. The van der Waals surface area contributed by atoms with Crippen molar-refractivity contribution >= 4 is 5.82 Å². The van der Waals surface area contributed by atoms with Gasteiger partial charge in [-0.25, -0.2) is 14.4 Å². The second-order valence-electron chi connectivity index (χ2n) is 4.83. The van der Waals surface area contributed by atoms with Crippen LogP contribution >= 0.6 is 0 Å². The van der Waals surface area contributed by atoms with Gasteiger partial charge in [-0.05, 0) is 24.6 Å². The largest absolute Gasteiger partial charge is 0.376 e. The summed E-state index contributed by atoms with van der Waals surface area (Å²) in [6.45, 7) is 3.11. The summed E-state index contributed by atoms with van der Waals surface area (Å²) in [4.78, 5) is 9.10. The molecule has 0 radical (unpaired) electrons. The lowest BCUT2D eigenvalue weighted by molar-refractivity contribution is 0.109. The summed E-state index contributed by atoms with van der Waals surface area (Å²) in [7, 11) is 1.82. The van der Waals surface area contributed by atoms with Gasteiger partial charge < -0.3 is 10.1 Å². The third kappa shape index (κ3) is 2.25. The van der Waals surface area contributed by atoms with Crippen LogP contribution < -0.4 is 5.32 Å². The smallest absolute Gasteiger partial charge is 0.162 e. The molecule has 0 bridgehead atoms. The van der Waals surface area contributed by atoms with Crippen molar-refractivity contribution < 1.29 is 9.13 Å². The van der Waals surface area contributed by atoms with E-state index in [-0.39, 0.29) is 5.82 Å². The number of hydrogen-bond acceptors (Lipinski definition) is 4. The maximum atomic E-state index is 13.5. The van der Waals surface area contributed by atoms with Crippen LogP contribution in [0.2, 0.25) is 0 Å². The molecule has 0 unspecified atom stereocenters. The molecule has 1 aliphatic heterocycles. The molecule has 0 saturated heterocycles. The first-order chi connectivity index (χ1) is 9.69. The molecule has 0 saturated carbocycles. The lowest BCUT2D eigenvalue weighted by atomic mass is 10.1. The second-order valence-corrected chi connectivity index (χ2v) is 4.83. The SMILES string of the molecule is CNc1nc(-c2cc(F)ccc2C)nc2c1COCC2. The first-order valence-electron chi connectivity index (χ1n) is 6.61. The molecule has 1 aromatic heterocycles. The number of aryl methyl sites for hydroxylation is 1. The summed E-state index contributed by atoms with van der Waals surface area (Å²) in [5.41, 5.74) is 3.67. The monoisotopic (exact) mass is 273 g/mol. The average molecular weight is 273 g/mol. The molecule has 0 spiro atoms. The topological polar surface area (TPSA) is 47.0 Å². The molecular weight excluding hydrogens is 257 g/mol. The van der Waals surface area contributed by atoms with Gasteiger partial charge >= 0.3 is 0 Å². The number of benzene rings is 1. The van der Waals surface area contributed by atoms with Crippen LogP contribution in [0.1, 0.15) is 16.8 Å². The van der Waals surface area contributed by atoms with E-state index in [1.54, 1.807) is 6.07 Å². The number of nitrogens with zero attached hydrogens (tertiary/aromatic N) is 2. The summed E-state index contributed by atoms with van der Waals surface area (Å²) in [6, 6.07) is 4.68. The third-order valence-electron chi connectivity index (χ3n) is 3.50. The average Bonchev–Trinajstić information content (AvgIpc) is 2.48. The number of halogens is 1. The molecule has 0 aliphatic carbocycles. The molecule has 1 N–H and O–H groups in total. The van der Waals surface area contributed by atoms with Crippen molar-refractivity contribution in [2.75, 3.05) is 19.0 Å². The van der Waals surface area contributed by atoms with Crippen molar-refractivity contribution in [3.8, 4) is 11.4 Å². The minimum atomic E-state index is -0.277. The molecule has 20 heavy (non-hydrogen) atoms. The van der Waals surface area contributed by atoms with E-state index in [4.69, 9.17) is 4.74 Å². The fourth-order valence-electron chi connectivity index (χ4n) is 2.39. The predicted molar refractivity (Wildman–Crippen MR) is 75.1 cm³/mol. The van der Waals surface area contributed by atoms with Crippen molar-refractivity contribution in [2.24, 2.45) is 0 Å². The quantitative estimate of drug-likeness (QED) is 0.914. The Morgan fingerprint density at radius 1 is 1.30 bits per heavy atom. The van der Waals surface area contributed by atoms with E-state index in [1.165, 1.54) is 12.1 Å². The normalized spacial score (nSPS) is 13.9. The molecule has 104 valence electrons. The van der Waals surface area contributed by atoms with E-state index in [0.717, 1.165) is 34.6 Å². The van der Waals surface area contributed by atoms with Gasteiger partial charge in [0.05, 0.1) is 18.9 Å². The van der Waals surface area contributed by atoms with Gasteiger partial charge in [0.15, 0.2) is 5.82 Å². The Bertz CT molecular complexity index is 641. The molecule has 4 nitrogen and oxygen atoms in total. The molecule has 2 aromatic rings. The van der Waals surface area contributed by atoms with Crippen molar-refractivity contribution in [1.29, 1.82) is 0 Å². The van der Waals surface area contributed by atoms with Crippen molar-refractivity contribution in [1.82, 2.24) is 9.97 Å². The number of anilines is 1. The van der Waals surface area contributed by atoms with E-state index < -0.39 is 0 Å². The predicted octanol–water partition coefficient (Wildman–Crippen LogP) is 2.71. The lowest BCUT2D eigenvalue weighted by Gasteiger charge is -2.19. The molecule has 0 fully saturated rings. The minimum Gasteiger partial charge on any atom is -0.376 e. The number of rotatable bonds is 2. The number of hydrogen-bond donors (Lipinski definition) is 1. The van der Waals surface area contributed by atoms with Gasteiger partial charge in [0.25, 0.3) is 0 Å². The van der Waals surface area contributed by atoms with Gasteiger partial charge in [0, 0.05) is 24.6 Å². The Morgan fingerprint density at radius 2 is 2.15 bits per heavy atom. The molecule has 2 heterocycles. The summed E-state index contributed by atoms with van der Waals surface area (Å²) >= 11 is 0. The van der Waals surface area contributed by atoms with Crippen LogP contribution in [0.15, 0.2) is 18.2 Å². The van der Waals surface area contributed by atoms with Crippen molar-refractivity contribution in [2.45, 2.75) is 20.0 Å². The van der Waals surface area contributed by atoms with Gasteiger partial charge in [-0.1, -0.05) is 6.07 Å². The second kappa shape index (κ2) is 5.17. The van der Waals surface area contributed by atoms with Crippen LogP contribution in [0.4, 0.5) is 10.2 Å². The lowest BCUT2D eigenvalue weighted by Crippen LogP contribution is -2.16. The first kappa shape index (κ1) is 13.0. The van der Waals surface area contributed by atoms with Crippen LogP contribution in [-0.4, -0.2) is 23.6 Å². The van der Waals surface area contributed by atoms with E-state index in [0.29, 0.717) is 19.0 Å². The maximum absolute atomic E-state index is 13.5. The highest BCUT2D eigenvalue weighted by Crippen LogP contribution is 2.27. The zero-order chi connectivity index (χ0) is 14.1. The van der Waals surface area contributed by atoms with Crippen LogP contribution in [0.3, 0.4) is 0 Å². The Labute approximate surface area is 117 Å².